The molecule has 1 aliphatic rings. The predicted molar refractivity (Wildman–Crippen MR) is 57.5 cm³/mol. The van der Waals surface area contributed by atoms with Crippen LogP contribution in [0.25, 0.3) is 0 Å². The Morgan fingerprint density at radius 1 is 1.50 bits per heavy atom. The summed E-state index contributed by atoms with van der Waals surface area (Å²) in [7, 11) is 0. The second-order valence-corrected chi connectivity index (χ2v) is 4.21. The topological polar surface area (TPSA) is 66.8 Å². The van der Waals surface area contributed by atoms with Crippen LogP contribution in [0.4, 0.5) is 0 Å². The minimum Gasteiger partial charge on any atom is -0.478 e. The highest BCUT2D eigenvalue weighted by atomic mass is 16.5. The van der Waals surface area contributed by atoms with Crippen LogP contribution in [0.1, 0.15) is 22.3 Å². The van der Waals surface area contributed by atoms with E-state index in [0.29, 0.717) is 26.1 Å². The lowest BCUT2D eigenvalue weighted by molar-refractivity contribution is 0.0270. The number of carboxylic acid groups (broad SMARTS) is 1. The first-order valence-corrected chi connectivity index (χ1v) is 5.21. The third kappa shape index (κ3) is 2.40. The van der Waals surface area contributed by atoms with Gasteiger partial charge in [0.05, 0.1) is 17.8 Å². The van der Waals surface area contributed by atoms with Crippen LogP contribution in [0.5, 0.6) is 0 Å². The molecule has 86 valence electrons. The van der Waals surface area contributed by atoms with Crippen molar-refractivity contribution in [2.45, 2.75) is 18.4 Å². The number of hydrogen-bond acceptors (Lipinski definition) is 3. The molecule has 0 spiro atoms. The van der Waals surface area contributed by atoms with E-state index in [-0.39, 0.29) is 5.56 Å². The fourth-order valence-corrected chi connectivity index (χ4v) is 1.93. The Bertz CT molecular complexity index is 394. The smallest absolute Gasteiger partial charge is 0.335 e. The maximum atomic E-state index is 10.8. The zero-order chi connectivity index (χ0) is 11.6. The highest BCUT2D eigenvalue weighted by Gasteiger charge is 2.32. The van der Waals surface area contributed by atoms with E-state index in [9.17, 15) is 9.90 Å². The molecule has 16 heavy (non-hydrogen) atoms. The van der Waals surface area contributed by atoms with Crippen molar-refractivity contribution < 1.29 is 19.7 Å². The van der Waals surface area contributed by atoms with Gasteiger partial charge in [-0.25, -0.2) is 4.79 Å². The van der Waals surface area contributed by atoms with Gasteiger partial charge in [-0.2, -0.15) is 0 Å². The van der Waals surface area contributed by atoms with E-state index < -0.39 is 11.6 Å². The number of carboxylic acids is 1. The predicted octanol–water partition coefficient (Wildman–Crippen LogP) is 1.08. The van der Waals surface area contributed by atoms with Crippen LogP contribution in [0.3, 0.4) is 0 Å². The lowest BCUT2D eigenvalue weighted by atomic mass is 9.93. The molecule has 4 heteroatoms. The molecule has 1 heterocycles. The summed E-state index contributed by atoms with van der Waals surface area (Å²) >= 11 is 0. The molecule has 1 unspecified atom stereocenters. The van der Waals surface area contributed by atoms with Gasteiger partial charge >= 0.3 is 5.97 Å². The molecule has 0 saturated carbocycles. The van der Waals surface area contributed by atoms with E-state index in [1.54, 1.807) is 18.2 Å². The quantitative estimate of drug-likeness (QED) is 0.803. The lowest BCUT2D eigenvalue weighted by Crippen LogP contribution is -2.31. The van der Waals surface area contributed by atoms with Gasteiger partial charge in [0, 0.05) is 19.4 Å². The number of rotatable bonds is 3. The Morgan fingerprint density at radius 2 is 2.31 bits per heavy atom. The molecule has 2 rings (SSSR count). The van der Waals surface area contributed by atoms with Gasteiger partial charge in [0.1, 0.15) is 0 Å². The van der Waals surface area contributed by atoms with Crippen molar-refractivity contribution in [3.8, 4) is 0 Å². The zero-order valence-electron chi connectivity index (χ0n) is 8.85. The Hall–Kier alpha value is -1.39. The van der Waals surface area contributed by atoms with Crippen molar-refractivity contribution in [3.63, 3.8) is 0 Å². The minimum absolute atomic E-state index is 0.250. The number of benzene rings is 1. The zero-order valence-corrected chi connectivity index (χ0v) is 8.85. The average molecular weight is 222 g/mol. The molecule has 1 aromatic carbocycles. The van der Waals surface area contributed by atoms with E-state index in [4.69, 9.17) is 9.84 Å². The van der Waals surface area contributed by atoms with Crippen LogP contribution >= 0.6 is 0 Å². The molecular formula is C12H14O4. The van der Waals surface area contributed by atoms with Crippen molar-refractivity contribution >= 4 is 5.97 Å². The van der Waals surface area contributed by atoms with Gasteiger partial charge in [-0.3, -0.25) is 0 Å². The monoisotopic (exact) mass is 222 g/mol. The molecular weight excluding hydrogens is 208 g/mol. The maximum Gasteiger partial charge on any atom is 0.335 e. The van der Waals surface area contributed by atoms with Crippen LogP contribution in [0.15, 0.2) is 24.3 Å². The number of ether oxygens (including phenoxy) is 1. The lowest BCUT2D eigenvalue weighted by Gasteiger charge is -2.20. The summed E-state index contributed by atoms with van der Waals surface area (Å²) in [5.41, 5.74) is 0.241. The molecule has 0 radical (unpaired) electrons. The van der Waals surface area contributed by atoms with Crippen molar-refractivity contribution in [1.29, 1.82) is 0 Å². The Balaban J connectivity index is 2.15. The Morgan fingerprint density at radius 3 is 2.94 bits per heavy atom. The fourth-order valence-electron chi connectivity index (χ4n) is 1.93. The van der Waals surface area contributed by atoms with Crippen LogP contribution in [-0.2, 0) is 11.2 Å². The molecule has 0 aromatic heterocycles. The Labute approximate surface area is 93.5 Å². The van der Waals surface area contributed by atoms with Gasteiger partial charge in [0.2, 0.25) is 0 Å². The Kier molecular flexibility index (Phi) is 2.94. The standard InChI is InChI=1S/C12H14O4/c13-11(14)10-3-1-2-9(6-10)7-12(15)4-5-16-8-12/h1-3,6,15H,4-5,7-8H2,(H,13,14). The first-order valence-electron chi connectivity index (χ1n) is 5.21. The van der Waals surface area contributed by atoms with E-state index >= 15 is 0 Å². The third-order valence-electron chi connectivity index (χ3n) is 2.79. The first kappa shape index (κ1) is 11.1. The van der Waals surface area contributed by atoms with Gasteiger partial charge < -0.3 is 14.9 Å². The molecule has 0 amide bonds. The van der Waals surface area contributed by atoms with Crippen LogP contribution in [0, 0.1) is 0 Å². The number of aliphatic hydroxyl groups is 1. The molecule has 4 nitrogen and oxygen atoms in total. The molecule has 0 bridgehead atoms. The molecule has 1 aromatic rings. The summed E-state index contributed by atoms with van der Waals surface area (Å²) in [6, 6.07) is 6.65. The van der Waals surface area contributed by atoms with E-state index in [2.05, 4.69) is 0 Å². The van der Waals surface area contributed by atoms with Gasteiger partial charge in [-0.15, -0.1) is 0 Å². The van der Waals surface area contributed by atoms with Crippen LogP contribution in [0.2, 0.25) is 0 Å². The second kappa shape index (κ2) is 4.23. The highest BCUT2D eigenvalue weighted by Crippen LogP contribution is 2.23. The first-order chi connectivity index (χ1) is 7.59. The molecule has 2 N–H and O–H groups in total. The van der Waals surface area contributed by atoms with Crippen LogP contribution in [-0.4, -0.2) is 35.0 Å². The minimum atomic E-state index is -0.948. The van der Waals surface area contributed by atoms with Gasteiger partial charge in [-0.05, 0) is 17.7 Å². The van der Waals surface area contributed by atoms with E-state index in [1.807, 2.05) is 6.07 Å². The van der Waals surface area contributed by atoms with E-state index in [0.717, 1.165) is 5.56 Å². The van der Waals surface area contributed by atoms with E-state index in [1.165, 1.54) is 0 Å². The second-order valence-electron chi connectivity index (χ2n) is 4.21. The number of carbonyl (C=O) groups is 1. The molecule has 1 atom stereocenters. The SMILES string of the molecule is O=C(O)c1cccc(CC2(O)CCOC2)c1. The molecule has 1 fully saturated rings. The van der Waals surface area contributed by atoms with Crippen molar-refractivity contribution in [2.75, 3.05) is 13.2 Å². The van der Waals surface area contributed by atoms with Gasteiger partial charge in [0.25, 0.3) is 0 Å². The summed E-state index contributed by atoms with van der Waals surface area (Å²) < 4.78 is 5.14. The van der Waals surface area contributed by atoms with Crippen LogP contribution < -0.4 is 0 Å². The fraction of sp³-hybridized carbons (Fsp3) is 0.417. The maximum absolute atomic E-state index is 10.8. The van der Waals surface area contributed by atoms with Crippen molar-refractivity contribution in [3.05, 3.63) is 35.4 Å². The molecule has 1 aliphatic heterocycles. The summed E-state index contributed by atoms with van der Waals surface area (Å²) in [4.78, 5) is 10.8. The number of hydrogen-bond donors (Lipinski definition) is 2. The summed E-state index contributed by atoms with van der Waals surface area (Å²) in [5.74, 6) is -0.948. The summed E-state index contributed by atoms with van der Waals surface area (Å²) in [6.07, 6.45) is 1.04. The number of aromatic carboxylic acids is 1. The van der Waals surface area contributed by atoms with Crippen molar-refractivity contribution in [1.82, 2.24) is 0 Å². The molecule has 0 aliphatic carbocycles. The highest BCUT2D eigenvalue weighted by molar-refractivity contribution is 5.87. The largest absolute Gasteiger partial charge is 0.478 e. The normalized spacial score (nSPS) is 24.6. The molecule has 1 saturated heterocycles. The third-order valence-corrected chi connectivity index (χ3v) is 2.79. The average Bonchev–Trinajstić information content (AvgIpc) is 2.65. The summed E-state index contributed by atoms with van der Waals surface area (Å²) in [5, 5.41) is 18.9. The van der Waals surface area contributed by atoms with Crippen molar-refractivity contribution in [2.24, 2.45) is 0 Å². The van der Waals surface area contributed by atoms with Gasteiger partial charge in [0.15, 0.2) is 0 Å². The summed E-state index contributed by atoms with van der Waals surface area (Å²) in [6.45, 7) is 0.888. The van der Waals surface area contributed by atoms with Gasteiger partial charge in [-0.1, -0.05) is 12.1 Å².